The van der Waals surface area contributed by atoms with E-state index < -0.39 is 84.3 Å². The minimum Gasteiger partial charge on any atom is -0.344 e. The predicted octanol–water partition coefficient (Wildman–Crippen LogP) is 2.59. The highest BCUT2D eigenvalue weighted by molar-refractivity contribution is 6.38. The number of nitrogens with zero attached hydrogens (tertiary/aromatic N) is 3. The molecule has 1 saturated heterocycles. The van der Waals surface area contributed by atoms with E-state index in [1.54, 1.807) is 65.0 Å². The average Bonchev–Trinajstić information content (AvgIpc) is 3.70. The highest BCUT2D eigenvalue weighted by Crippen LogP contribution is 2.42. The van der Waals surface area contributed by atoms with Gasteiger partial charge in [-0.15, -0.1) is 0 Å². The van der Waals surface area contributed by atoms with E-state index in [4.69, 9.17) is 0 Å². The molecule has 51 heavy (non-hydrogen) atoms. The summed E-state index contributed by atoms with van der Waals surface area (Å²) in [5.74, 6) is -6.13. The molecule has 0 bridgehead atoms. The first-order valence-electron chi connectivity index (χ1n) is 17.3. The van der Waals surface area contributed by atoms with Crippen molar-refractivity contribution < 1.29 is 37.5 Å². The van der Waals surface area contributed by atoms with Gasteiger partial charge in [-0.1, -0.05) is 64.4 Å². The molecule has 0 radical (unpaired) electrons. The summed E-state index contributed by atoms with van der Waals surface area (Å²) in [6.45, 7) is 8.75. The van der Waals surface area contributed by atoms with Crippen LogP contribution in [0.4, 0.5) is 8.78 Å². The Morgan fingerprint density at radius 3 is 2.16 bits per heavy atom. The average molecular weight is 712 g/mol. The topological polar surface area (TPSA) is 180 Å². The molecule has 5 amide bonds. The number of fused-ring (bicyclic) bond motifs is 1. The van der Waals surface area contributed by atoms with Crippen molar-refractivity contribution in [3.8, 4) is 0 Å². The van der Waals surface area contributed by atoms with Crippen LogP contribution in [0.25, 0.3) is 0 Å². The van der Waals surface area contributed by atoms with Crippen molar-refractivity contribution in [2.45, 2.75) is 96.9 Å². The van der Waals surface area contributed by atoms with Crippen LogP contribution in [0.1, 0.15) is 82.4 Å². The number of hydrogen-bond acceptors (Lipinski definition) is 8. The molecule has 4 N–H and O–H groups in total. The summed E-state index contributed by atoms with van der Waals surface area (Å²) < 4.78 is 27.4. The second kappa shape index (κ2) is 17.4. The minimum atomic E-state index is -3.01. The molecule has 1 saturated carbocycles. The van der Waals surface area contributed by atoms with Crippen LogP contribution in [0, 0.1) is 23.7 Å². The molecule has 1 aliphatic carbocycles. The summed E-state index contributed by atoms with van der Waals surface area (Å²) in [5, 5.41) is 10.3. The number of nitrogens with one attached hydrogen (secondary N) is 4. The Morgan fingerprint density at radius 1 is 0.863 bits per heavy atom. The summed E-state index contributed by atoms with van der Waals surface area (Å²) in [6, 6.07) is 3.07. The van der Waals surface area contributed by atoms with Crippen LogP contribution < -0.4 is 21.3 Å². The van der Waals surface area contributed by atoms with Gasteiger partial charge in [-0.25, -0.2) is 13.8 Å². The van der Waals surface area contributed by atoms with Crippen molar-refractivity contribution in [2.75, 3.05) is 6.54 Å². The van der Waals surface area contributed by atoms with Gasteiger partial charge in [-0.2, -0.15) is 0 Å². The number of rotatable bonds is 15. The number of amides is 5. The Hall–Kier alpha value is -4.82. The molecule has 1 aromatic heterocycles. The van der Waals surface area contributed by atoms with Crippen LogP contribution in [0.3, 0.4) is 0 Å². The molecule has 1 aliphatic heterocycles. The van der Waals surface area contributed by atoms with Crippen molar-refractivity contribution in [3.63, 3.8) is 0 Å². The Bertz CT molecular complexity index is 1560. The summed E-state index contributed by atoms with van der Waals surface area (Å²) in [5.41, 5.74) is 0.705. The number of aromatic nitrogens is 2. The van der Waals surface area contributed by atoms with Gasteiger partial charge in [0.15, 0.2) is 0 Å². The Kier molecular flexibility index (Phi) is 13.3. The van der Waals surface area contributed by atoms with E-state index in [0.717, 1.165) is 12.8 Å². The highest BCUT2D eigenvalue weighted by atomic mass is 19.3. The number of carbonyl (C=O) groups is 6. The van der Waals surface area contributed by atoms with Gasteiger partial charge in [0, 0.05) is 25.4 Å². The van der Waals surface area contributed by atoms with Gasteiger partial charge in [0.1, 0.15) is 29.9 Å². The third-order valence-electron chi connectivity index (χ3n) is 9.62. The van der Waals surface area contributed by atoms with Crippen LogP contribution in [-0.4, -0.2) is 87.3 Å². The molecule has 0 spiro atoms. The maximum Gasteiger partial charge on any atom is 0.290 e. The first kappa shape index (κ1) is 39.0. The molecule has 7 atom stereocenters. The second-order valence-electron chi connectivity index (χ2n) is 14.0. The third kappa shape index (κ3) is 9.70. The lowest BCUT2D eigenvalue weighted by Crippen LogP contribution is -2.60. The molecule has 15 heteroatoms. The number of Topliss-reactive ketones (excluding diaryl/α,β-unsaturated/α-hetero) is 1. The first-order valence-corrected chi connectivity index (χ1v) is 17.3. The fraction of sp³-hybridized carbons (Fsp3) is 0.556. The van der Waals surface area contributed by atoms with Crippen LogP contribution in [0.15, 0.2) is 48.9 Å². The van der Waals surface area contributed by atoms with Crippen LogP contribution >= 0.6 is 0 Å². The Balaban J connectivity index is 1.51. The third-order valence-corrected chi connectivity index (χ3v) is 9.62. The van der Waals surface area contributed by atoms with Crippen LogP contribution in [0.5, 0.6) is 0 Å². The number of hydrogen-bond donors (Lipinski definition) is 4. The second-order valence-corrected chi connectivity index (χ2v) is 14.0. The highest BCUT2D eigenvalue weighted by Gasteiger charge is 2.51. The zero-order valence-corrected chi connectivity index (χ0v) is 29.5. The van der Waals surface area contributed by atoms with E-state index in [0.29, 0.717) is 12.0 Å². The molecule has 4 rings (SSSR count). The van der Waals surface area contributed by atoms with E-state index in [2.05, 4.69) is 31.2 Å². The van der Waals surface area contributed by atoms with Crippen LogP contribution in [-0.2, 0) is 24.0 Å². The summed E-state index contributed by atoms with van der Waals surface area (Å²) >= 11 is 0. The molecular formula is C36H47F2N7O6. The van der Waals surface area contributed by atoms with Gasteiger partial charge in [0.05, 0.1) is 12.2 Å². The maximum atomic E-state index is 14.2. The number of likely N-dealkylation sites (tertiary alicyclic amines) is 1. The lowest BCUT2D eigenvalue weighted by molar-refractivity contribution is -0.145. The van der Waals surface area contributed by atoms with Gasteiger partial charge in [-0.05, 0) is 49.0 Å². The molecule has 13 nitrogen and oxygen atoms in total. The van der Waals surface area contributed by atoms with Gasteiger partial charge < -0.3 is 26.2 Å². The Morgan fingerprint density at radius 2 is 1.55 bits per heavy atom. The van der Waals surface area contributed by atoms with E-state index in [-0.39, 0.29) is 30.0 Å². The van der Waals surface area contributed by atoms with Crippen molar-refractivity contribution in [2.24, 2.45) is 23.7 Å². The number of benzene rings is 1. The molecule has 2 aliphatic rings. The van der Waals surface area contributed by atoms with Crippen molar-refractivity contribution >= 4 is 35.3 Å². The zero-order chi connectivity index (χ0) is 37.4. The number of alkyl halides is 2. The van der Waals surface area contributed by atoms with E-state index in [1.165, 1.54) is 23.5 Å². The van der Waals surface area contributed by atoms with Crippen molar-refractivity contribution in [1.82, 2.24) is 36.1 Å². The fourth-order valence-corrected chi connectivity index (χ4v) is 6.89. The molecule has 2 aromatic rings. The maximum absolute atomic E-state index is 14.2. The van der Waals surface area contributed by atoms with E-state index in [1.807, 2.05) is 0 Å². The van der Waals surface area contributed by atoms with Crippen molar-refractivity contribution in [3.05, 3.63) is 60.2 Å². The monoisotopic (exact) mass is 711 g/mol. The normalized spacial score (nSPS) is 20.7. The van der Waals surface area contributed by atoms with Gasteiger partial charge in [0.2, 0.25) is 29.9 Å². The predicted molar refractivity (Wildman–Crippen MR) is 182 cm³/mol. The Labute approximate surface area is 296 Å². The largest absolute Gasteiger partial charge is 0.344 e. The number of carbonyl (C=O) groups excluding carboxylic acids is 6. The fourth-order valence-electron chi connectivity index (χ4n) is 6.89. The quantitative estimate of drug-likeness (QED) is 0.204. The summed E-state index contributed by atoms with van der Waals surface area (Å²) in [6.07, 6.45) is 2.04. The smallest absolute Gasteiger partial charge is 0.290 e. The molecule has 1 aromatic carbocycles. The lowest BCUT2D eigenvalue weighted by Gasteiger charge is -2.34. The molecular weight excluding hydrogens is 664 g/mol. The van der Waals surface area contributed by atoms with E-state index >= 15 is 0 Å². The standard InChI is InChI=1S/C36H47F2N7O6/c1-19(2)28(43-32(47)26-17-39-14-15-40-26)33(48)44-29(20(3)4)36(51)45-18-23-12-9-13-24(23)30(45)34(49)42-25(16-27(37)38)31(46)35(50)41-21(5)22-10-7-6-8-11-22/h6-8,10-11,14-15,17,19-21,23-25,27-30H,9,12-13,16,18H2,1-5H3,(H,41,50)(H,42,49)(H,43,47)(H,44,48)/t21-,23-,24-,25?,28+,29?,30?/m0/s1. The zero-order valence-electron chi connectivity index (χ0n) is 29.5. The van der Waals surface area contributed by atoms with Gasteiger partial charge >= 0.3 is 0 Å². The molecule has 3 unspecified atom stereocenters. The molecule has 2 heterocycles. The van der Waals surface area contributed by atoms with Crippen molar-refractivity contribution in [1.29, 1.82) is 0 Å². The summed E-state index contributed by atoms with van der Waals surface area (Å²) in [4.78, 5) is 89.9. The van der Waals surface area contributed by atoms with Crippen LogP contribution in [0.2, 0.25) is 0 Å². The number of halogens is 2. The SMILES string of the molecule is CC(C)C(NC(=O)[C@H](NC(=O)c1cnccn1)C(C)C)C(=O)N1C[C@@H]2CCC[C@@H]2C1C(=O)NC(CC(F)F)C(=O)C(=O)N[C@@H](C)c1ccccc1. The molecule has 276 valence electrons. The minimum absolute atomic E-state index is 0.0108. The van der Waals surface area contributed by atoms with Gasteiger partial charge in [0.25, 0.3) is 11.8 Å². The first-order chi connectivity index (χ1) is 24.2. The molecule has 2 fully saturated rings. The lowest BCUT2D eigenvalue weighted by atomic mass is 9.92. The summed E-state index contributed by atoms with van der Waals surface area (Å²) in [7, 11) is 0. The number of ketones is 1. The van der Waals surface area contributed by atoms with Gasteiger partial charge in [-0.3, -0.25) is 33.8 Å². The van der Waals surface area contributed by atoms with E-state index in [9.17, 15) is 37.5 Å².